The number of ketones is 1. The summed E-state index contributed by atoms with van der Waals surface area (Å²) >= 11 is 10.3. The molecule has 0 aromatic rings. The van der Waals surface area contributed by atoms with Crippen LogP contribution in [0.25, 0.3) is 0 Å². The van der Waals surface area contributed by atoms with Gasteiger partial charge < -0.3 is 10.2 Å². The van der Waals surface area contributed by atoms with Gasteiger partial charge in [0.1, 0.15) is 10.4 Å². The maximum absolute atomic E-state index is 10.6. The molecule has 13 heavy (non-hydrogen) atoms. The smallest absolute Gasteiger partial charge is 0.374 e. The molecule has 0 saturated heterocycles. The Morgan fingerprint density at radius 1 is 1.15 bits per heavy atom. The molecule has 0 aromatic carbocycles. The van der Waals surface area contributed by atoms with E-state index in [0.29, 0.717) is 6.08 Å². The second kappa shape index (κ2) is 4.84. The first-order valence-electron chi connectivity index (χ1n) is 2.88. The van der Waals surface area contributed by atoms with Crippen LogP contribution in [0.3, 0.4) is 0 Å². The quantitative estimate of drug-likeness (QED) is 0.413. The molecule has 5 nitrogen and oxygen atoms in total. The summed E-state index contributed by atoms with van der Waals surface area (Å²) in [5, 5.41) is 14.1. The fraction of sp³-hybridized carbons (Fsp3) is 0.167. The van der Waals surface area contributed by atoms with E-state index in [9.17, 15) is 14.4 Å². The monoisotopic (exact) mass is 226 g/mol. The molecule has 0 radical (unpaired) electrons. The highest BCUT2D eigenvalue weighted by atomic mass is 35.5. The first-order chi connectivity index (χ1) is 5.86. The molecular weight excluding hydrogens is 223 g/mol. The van der Waals surface area contributed by atoms with Crippen LogP contribution in [0.1, 0.15) is 0 Å². The summed E-state index contributed by atoms with van der Waals surface area (Å²) in [6, 6.07) is 0. The van der Waals surface area contributed by atoms with Gasteiger partial charge in [0.05, 0.1) is 0 Å². The van der Waals surface area contributed by atoms with Gasteiger partial charge in [-0.05, 0) is 6.08 Å². The van der Waals surface area contributed by atoms with Gasteiger partial charge in [0, 0.05) is 0 Å². The summed E-state index contributed by atoms with van der Waals surface area (Å²) in [4.78, 5) is 30.7. The third-order valence-corrected chi connectivity index (χ3v) is 1.57. The molecule has 1 atom stereocenters. The Morgan fingerprint density at radius 2 is 1.62 bits per heavy atom. The highest BCUT2D eigenvalue weighted by molar-refractivity contribution is 6.49. The summed E-state index contributed by atoms with van der Waals surface area (Å²) in [6.07, 6.45) is 0.641. The van der Waals surface area contributed by atoms with Crippen LogP contribution in [0.2, 0.25) is 0 Å². The first-order valence-corrected chi connectivity index (χ1v) is 3.69. The number of aliphatic carboxylic acids is 2. The highest BCUT2D eigenvalue weighted by Crippen LogP contribution is 2.08. The van der Waals surface area contributed by atoms with Crippen LogP contribution in [0.5, 0.6) is 0 Å². The Kier molecular flexibility index (Phi) is 4.44. The Balaban J connectivity index is 4.55. The van der Waals surface area contributed by atoms with Crippen molar-refractivity contribution >= 4 is 40.9 Å². The molecule has 0 spiro atoms. The second-order valence-electron chi connectivity index (χ2n) is 1.89. The number of carbonyl (C=O) groups is 3. The maximum Gasteiger partial charge on any atom is 0.374 e. The van der Waals surface area contributed by atoms with Crippen LogP contribution in [0.15, 0.2) is 11.1 Å². The van der Waals surface area contributed by atoms with Gasteiger partial charge in [0.25, 0.3) is 5.78 Å². The third kappa shape index (κ3) is 3.91. The van der Waals surface area contributed by atoms with Gasteiger partial charge in [-0.1, -0.05) is 11.6 Å². The fourth-order valence-corrected chi connectivity index (χ4v) is 0.803. The van der Waals surface area contributed by atoms with Crippen molar-refractivity contribution in [3.05, 3.63) is 11.1 Å². The molecule has 0 aliphatic rings. The van der Waals surface area contributed by atoms with Crippen LogP contribution in [0.4, 0.5) is 0 Å². The number of carbonyl (C=O) groups excluding carboxylic acids is 1. The predicted octanol–water partition coefficient (Wildman–Crippen LogP) is 0.455. The lowest BCUT2D eigenvalue weighted by atomic mass is 10.2. The minimum absolute atomic E-state index is 0.641. The summed E-state index contributed by atoms with van der Waals surface area (Å²) in [5.41, 5.74) is 0. The van der Waals surface area contributed by atoms with Crippen molar-refractivity contribution < 1.29 is 24.6 Å². The van der Waals surface area contributed by atoms with Crippen LogP contribution in [0, 0.1) is 0 Å². The number of hydrogen-bond donors (Lipinski definition) is 2. The second-order valence-corrected chi connectivity index (χ2v) is 2.77. The minimum atomic E-state index is -1.74. The maximum atomic E-state index is 10.6. The van der Waals surface area contributed by atoms with E-state index in [-0.39, 0.29) is 0 Å². The predicted molar refractivity (Wildman–Crippen MR) is 43.9 cm³/mol. The lowest BCUT2D eigenvalue weighted by Gasteiger charge is -1.97. The topological polar surface area (TPSA) is 91.7 Å². The van der Waals surface area contributed by atoms with E-state index in [1.807, 2.05) is 0 Å². The zero-order chi connectivity index (χ0) is 10.6. The molecular formula is C6H4Cl2O5. The molecule has 0 fully saturated rings. The lowest BCUT2D eigenvalue weighted by molar-refractivity contribution is -0.148. The molecule has 0 aromatic heterocycles. The van der Waals surface area contributed by atoms with E-state index in [2.05, 4.69) is 0 Å². The number of rotatable bonds is 4. The normalized spacial score (nSPS) is 13.5. The molecule has 2 N–H and O–H groups in total. The van der Waals surface area contributed by atoms with Crippen molar-refractivity contribution in [1.82, 2.24) is 0 Å². The lowest BCUT2D eigenvalue weighted by Crippen LogP contribution is -2.22. The summed E-state index contributed by atoms with van der Waals surface area (Å²) < 4.78 is 0. The van der Waals surface area contributed by atoms with Crippen molar-refractivity contribution in [1.29, 1.82) is 0 Å². The number of halogens is 2. The number of allylic oxidation sites excluding steroid dienone is 1. The highest BCUT2D eigenvalue weighted by Gasteiger charge is 2.21. The van der Waals surface area contributed by atoms with Crippen molar-refractivity contribution in [2.24, 2.45) is 0 Å². The summed E-state index contributed by atoms with van der Waals surface area (Å²) in [6.45, 7) is 0. The van der Waals surface area contributed by atoms with E-state index in [0.717, 1.165) is 0 Å². The largest absolute Gasteiger partial charge is 0.477 e. The fourth-order valence-electron chi connectivity index (χ4n) is 0.393. The molecule has 7 heteroatoms. The standard InChI is InChI=1S/C6H4Cl2O5/c7-2(4(9)6(12)13)1-3(8)5(10)11/h1-2H,(H,10,11)(H,12,13)/b3-1-. The molecule has 72 valence electrons. The Morgan fingerprint density at radius 3 is 1.92 bits per heavy atom. The van der Waals surface area contributed by atoms with E-state index < -0.39 is 28.1 Å². The molecule has 0 amide bonds. The van der Waals surface area contributed by atoms with Gasteiger partial charge in [-0.25, -0.2) is 9.59 Å². The molecule has 1 unspecified atom stereocenters. The summed E-state index contributed by atoms with van der Waals surface area (Å²) in [7, 11) is 0. The Hall–Kier alpha value is -1.07. The van der Waals surface area contributed by atoms with E-state index in [1.165, 1.54) is 0 Å². The zero-order valence-electron chi connectivity index (χ0n) is 6.03. The number of Topliss-reactive ketones (excluding diaryl/α,β-unsaturated/α-hetero) is 1. The number of carboxylic acids is 2. The van der Waals surface area contributed by atoms with Gasteiger partial charge in [-0.2, -0.15) is 0 Å². The molecule has 0 rings (SSSR count). The minimum Gasteiger partial charge on any atom is -0.477 e. The van der Waals surface area contributed by atoms with Crippen LogP contribution >= 0.6 is 23.2 Å². The van der Waals surface area contributed by atoms with Crippen molar-refractivity contribution in [2.45, 2.75) is 5.38 Å². The van der Waals surface area contributed by atoms with Gasteiger partial charge in [0.2, 0.25) is 0 Å². The van der Waals surface area contributed by atoms with E-state index in [4.69, 9.17) is 33.4 Å². The van der Waals surface area contributed by atoms with Gasteiger partial charge in [0.15, 0.2) is 0 Å². The molecule has 0 saturated carbocycles. The average Bonchev–Trinajstić information content (AvgIpc) is 2.02. The number of hydrogen-bond acceptors (Lipinski definition) is 3. The SMILES string of the molecule is O=C(O)C(=O)C(Cl)/C=C(\Cl)C(=O)O. The van der Waals surface area contributed by atoms with Gasteiger partial charge >= 0.3 is 11.9 Å². The number of alkyl halides is 1. The Bertz CT molecular complexity index is 283. The van der Waals surface area contributed by atoms with Crippen molar-refractivity contribution in [3.8, 4) is 0 Å². The molecule has 0 aliphatic carbocycles. The number of carboxylic acid groups (broad SMARTS) is 2. The third-order valence-electron chi connectivity index (χ3n) is 0.958. The van der Waals surface area contributed by atoms with Crippen molar-refractivity contribution in [2.75, 3.05) is 0 Å². The van der Waals surface area contributed by atoms with Crippen molar-refractivity contribution in [3.63, 3.8) is 0 Å². The molecule has 0 bridgehead atoms. The van der Waals surface area contributed by atoms with Gasteiger partial charge in [-0.3, -0.25) is 4.79 Å². The Labute approximate surface area is 82.6 Å². The van der Waals surface area contributed by atoms with E-state index in [1.54, 1.807) is 0 Å². The first kappa shape index (κ1) is 11.9. The van der Waals surface area contributed by atoms with Crippen LogP contribution in [-0.2, 0) is 14.4 Å². The van der Waals surface area contributed by atoms with Crippen LogP contribution < -0.4 is 0 Å². The average molecular weight is 227 g/mol. The van der Waals surface area contributed by atoms with E-state index >= 15 is 0 Å². The molecule has 0 heterocycles. The summed E-state index contributed by atoms with van der Waals surface area (Å²) in [5.74, 6) is -4.56. The van der Waals surface area contributed by atoms with Gasteiger partial charge in [-0.15, -0.1) is 11.6 Å². The molecule has 0 aliphatic heterocycles. The van der Waals surface area contributed by atoms with Crippen LogP contribution in [-0.4, -0.2) is 33.3 Å². The zero-order valence-corrected chi connectivity index (χ0v) is 7.54.